The van der Waals surface area contributed by atoms with Crippen molar-refractivity contribution in [1.29, 1.82) is 0 Å². The molecule has 5 N–H and O–H groups in total. The van der Waals surface area contributed by atoms with Crippen LogP contribution in [-0.4, -0.2) is 39.8 Å². The first kappa shape index (κ1) is 15.4. The summed E-state index contributed by atoms with van der Waals surface area (Å²) in [6, 6.07) is 0. The van der Waals surface area contributed by atoms with Gasteiger partial charge < -0.3 is 16.6 Å². The van der Waals surface area contributed by atoms with E-state index in [1.807, 2.05) is 0 Å². The summed E-state index contributed by atoms with van der Waals surface area (Å²) in [7, 11) is 0. The molecule has 6 nitrogen and oxygen atoms in total. The van der Waals surface area contributed by atoms with Gasteiger partial charge in [0.25, 0.3) is 0 Å². The highest BCUT2D eigenvalue weighted by atomic mass is 32.1. The second-order valence-corrected chi connectivity index (χ2v) is 4.09. The van der Waals surface area contributed by atoms with Crippen LogP contribution in [0.2, 0.25) is 0 Å². The summed E-state index contributed by atoms with van der Waals surface area (Å²) in [4.78, 5) is 34.2. The molecule has 0 heterocycles. The summed E-state index contributed by atoms with van der Waals surface area (Å²) in [6.07, 6.45) is 0. The maximum atomic E-state index is 11.6. The number of aliphatic carboxylic acids is 1. The van der Waals surface area contributed by atoms with E-state index in [2.05, 4.69) is 25.3 Å². The van der Waals surface area contributed by atoms with Crippen LogP contribution in [0.3, 0.4) is 0 Å². The molecule has 8 heteroatoms. The van der Waals surface area contributed by atoms with Gasteiger partial charge in [0, 0.05) is 0 Å². The van der Waals surface area contributed by atoms with Gasteiger partial charge in [-0.05, 0) is 6.92 Å². The molecule has 0 amide bonds. The second-order valence-electron chi connectivity index (χ2n) is 3.46. The Morgan fingerprint density at radius 2 is 1.44 bits per heavy atom. The maximum absolute atomic E-state index is 11.6. The van der Waals surface area contributed by atoms with Gasteiger partial charge in [0.2, 0.25) is 0 Å². The van der Waals surface area contributed by atoms with Gasteiger partial charge in [-0.3, -0.25) is 9.59 Å². The molecule has 0 aliphatic carbocycles. The molecule has 0 spiro atoms. The van der Waals surface area contributed by atoms with E-state index in [9.17, 15) is 14.4 Å². The van der Waals surface area contributed by atoms with Crippen molar-refractivity contribution in [3.05, 3.63) is 0 Å². The molecule has 0 unspecified atom stereocenters. The Morgan fingerprint density at radius 1 is 1.12 bits per heavy atom. The molecule has 0 saturated heterocycles. The zero-order valence-corrected chi connectivity index (χ0v) is 10.4. The fourth-order valence-corrected chi connectivity index (χ4v) is 1.78. The van der Waals surface area contributed by atoms with E-state index in [1.54, 1.807) is 0 Å². The van der Waals surface area contributed by atoms with Crippen molar-refractivity contribution >= 4 is 42.8 Å². The smallest absolute Gasteiger partial charge is 0.340 e. The third-order valence-corrected chi connectivity index (χ3v) is 3.16. The number of rotatable bonds is 6. The quantitative estimate of drug-likeness (QED) is 0.231. The van der Waals surface area contributed by atoms with Crippen LogP contribution in [-0.2, 0) is 14.4 Å². The molecular formula is C8H14N2O4S2. The van der Waals surface area contributed by atoms with Gasteiger partial charge in [0.1, 0.15) is 5.41 Å². The Bertz CT molecular complexity index is 314. The molecular weight excluding hydrogens is 252 g/mol. The van der Waals surface area contributed by atoms with E-state index >= 15 is 0 Å². The Labute approximate surface area is 104 Å². The SMILES string of the molecule is CC(C(=O)CS)(C(=O)CS)C(N)(N)C(=O)O. The highest BCUT2D eigenvalue weighted by Crippen LogP contribution is 2.29. The predicted octanol–water partition coefficient (Wildman–Crippen LogP) is -1.31. The van der Waals surface area contributed by atoms with Gasteiger partial charge in [-0.15, -0.1) is 0 Å². The molecule has 0 fully saturated rings. The first-order valence-electron chi connectivity index (χ1n) is 4.25. The molecule has 0 rings (SSSR count). The van der Waals surface area contributed by atoms with Crippen molar-refractivity contribution in [2.75, 3.05) is 11.5 Å². The lowest BCUT2D eigenvalue weighted by molar-refractivity contribution is -0.157. The van der Waals surface area contributed by atoms with Crippen LogP contribution >= 0.6 is 25.3 Å². The van der Waals surface area contributed by atoms with Crippen LogP contribution in [0.5, 0.6) is 0 Å². The van der Waals surface area contributed by atoms with Crippen molar-refractivity contribution in [3.63, 3.8) is 0 Å². The Hall–Kier alpha value is -0.570. The van der Waals surface area contributed by atoms with Crippen molar-refractivity contribution in [1.82, 2.24) is 0 Å². The minimum absolute atomic E-state index is 0.334. The van der Waals surface area contributed by atoms with E-state index in [1.165, 1.54) is 0 Å². The van der Waals surface area contributed by atoms with E-state index in [4.69, 9.17) is 16.6 Å². The minimum Gasteiger partial charge on any atom is -0.479 e. The summed E-state index contributed by atoms with van der Waals surface area (Å²) in [5.41, 5.74) is 6.20. The fourth-order valence-electron chi connectivity index (χ4n) is 1.15. The molecule has 0 aromatic carbocycles. The van der Waals surface area contributed by atoms with Crippen LogP contribution < -0.4 is 11.5 Å². The number of carbonyl (C=O) groups excluding carboxylic acids is 2. The number of hydrogen-bond donors (Lipinski definition) is 5. The number of hydrogen-bond acceptors (Lipinski definition) is 7. The standard InChI is InChI=1S/C8H14N2O4S2/c1-7(4(11)2-15,5(12)3-16)8(9,10)6(13)14/h15-16H,2-3,9-10H2,1H3,(H,13,14). The number of Topliss-reactive ketones (excluding diaryl/α,β-unsaturated/α-hetero) is 2. The van der Waals surface area contributed by atoms with Crippen molar-refractivity contribution in [2.45, 2.75) is 12.6 Å². The first-order chi connectivity index (χ1) is 7.16. The summed E-state index contributed by atoms with van der Waals surface area (Å²) in [6.45, 7) is 1.10. The van der Waals surface area contributed by atoms with Gasteiger partial charge in [-0.1, -0.05) is 0 Å². The van der Waals surface area contributed by atoms with Gasteiger partial charge in [-0.2, -0.15) is 25.3 Å². The molecule has 0 aromatic rings. The normalized spacial score (nSPS) is 12.3. The van der Waals surface area contributed by atoms with E-state index in [-0.39, 0.29) is 11.5 Å². The van der Waals surface area contributed by atoms with Crippen LogP contribution in [0.4, 0.5) is 0 Å². The topological polar surface area (TPSA) is 123 Å². The number of thiol groups is 2. The van der Waals surface area contributed by atoms with Crippen LogP contribution in [0.1, 0.15) is 6.92 Å². The summed E-state index contributed by atoms with van der Waals surface area (Å²) in [5, 5.41) is 8.86. The van der Waals surface area contributed by atoms with Gasteiger partial charge in [0.15, 0.2) is 17.2 Å². The largest absolute Gasteiger partial charge is 0.479 e. The van der Waals surface area contributed by atoms with Crippen LogP contribution in [0.15, 0.2) is 0 Å². The number of nitrogens with two attached hydrogens (primary N) is 2. The van der Waals surface area contributed by atoms with E-state index in [0.29, 0.717) is 0 Å². The maximum Gasteiger partial charge on any atom is 0.340 e. The number of ketones is 2. The molecule has 0 aromatic heterocycles. The predicted molar refractivity (Wildman–Crippen MR) is 64.6 cm³/mol. The number of carbonyl (C=O) groups is 3. The first-order valence-corrected chi connectivity index (χ1v) is 5.52. The lowest BCUT2D eigenvalue weighted by Gasteiger charge is -2.37. The summed E-state index contributed by atoms with van der Waals surface area (Å²) >= 11 is 7.42. The zero-order chi connectivity index (χ0) is 13.1. The van der Waals surface area contributed by atoms with E-state index in [0.717, 1.165) is 6.92 Å². The third-order valence-electron chi connectivity index (χ3n) is 2.58. The van der Waals surface area contributed by atoms with Gasteiger partial charge >= 0.3 is 5.97 Å². The highest BCUT2D eigenvalue weighted by molar-refractivity contribution is 7.81. The third kappa shape index (κ3) is 2.24. The van der Waals surface area contributed by atoms with Gasteiger partial charge in [0.05, 0.1) is 11.5 Å². The zero-order valence-electron chi connectivity index (χ0n) is 8.64. The average molecular weight is 266 g/mol. The lowest BCUT2D eigenvalue weighted by Crippen LogP contribution is -2.72. The lowest BCUT2D eigenvalue weighted by atomic mass is 9.71. The molecule has 92 valence electrons. The van der Waals surface area contributed by atoms with Crippen molar-refractivity contribution in [3.8, 4) is 0 Å². The molecule has 16 heavy (non-hydrogen) atoms. The van der Waals surface area contributed by atoms with Crippen LogP contribution in [0, 0.1) is 5.41 Å². The van der Waals surface area contributed by atoms with E-state index < -0.39 is 28.6 Å². The molecule has 0 atom stereocenters. The fraction of sp³-hybridized carbons (Fsp3) is 0.625. The molecule has 0 aliphatic rings. The van der Waals surface area contributed by atoms with Crippen molar-refractivity contribution in [2.24, 2.45) is 16.9 Å². The Morgan fingerprint density at radius 3 is 1.62 bits per heavy atom. The number of carboxylic acids is 1. The molecule has 0 saturated carbocycles. The second kappa shape index (κ2) is 5.17. The highest BCUT2D eigenvalue weighted by Gasteiger charge is 2.57. The van der Waals surface area contributed by atoms with Gasteiger partial charge in [-0.25, -0.2) is 4.79 Å². The van der Waals surface area contributed by atoms with Crippen molar-refractivity contribution < 1.29 is 19.5 Å². The molecule has 0 radical (unpaired) electrons. The minimum atomic E-state index is -2.48. The summed E-state index contributed by atoms with van der Waals surface area (Å²) < 4.78 is 0. The molecule has 0 aliphatic heterocycles. The van der Waals surface area contributed by atoms with Crippen LogP contribution in [0.25, 0.3) is 0 Å². The average Bonchev–Trinajstić information content (AvgIpc) is 2.24. The monoisotopic (exact) mass is 266 g/mol. The Kier molecular flexibility index (Phi) is 4.99. The number of carboxylic acid groups (broad SMARTS) is 1. The summed E-state index contributed by atoms with van der Waals surface area (Å²) in [5.74, 6) is -3.80. The Balaban J connectivity index is 5.67. The molecule has 0 bridgehead atoms.